The third-order valence-corrected chi connectivity index (χ3v) is 6.40. The zero-order valence-electron chi connectivity index (χ0n) is 14.7. The van der Waals surface area contributed by atoms with Crippen LogP contribution >= 0.6 is 11.6 Å². The average molecular weight is 417 g/mol. The van der Waals surface area contributed by atoms with Crippen LogP contribution in [0.4, 0.5) is 0 Å². The molecule has 0 fully saturated rings. The van der Waals surface area contributed by atoms with Gasteiger partial charge in [-0.05, 0) is 41.8 Å². The Kier molecular flexibility index (Phi) is 4.74. The average Bonchev–Trinajstić information content (AvgIpc) is 2.67. The van der Waals surface area contributed by atoms with Crippen LogP contribution in [0.1, 0.15) is 17.2 Å². The van der Waals surface area contributed by atoms with Gasteiger partial charge >= 0.3 is 10.1 Å². The fourth-order valence-electron chi connectivity index (χ4n) is 3.46. The summed E-state index contributed by atoms with van der Waals surface area (Å²) in [6, 6.07) is 14.1. The summed E-state index contributed by atoms with van der Waals surface area (Å²) in [5, 5.41) is 4.59. The third kappa shape index (κ3) is 3.32. The van der Waals surface area contributed by atoms with E-state index >= 15 is 0 Å². The highest BCUT2D eigenvalue weighted by atomic mass is 35.5. The van der Waals surface area contributed by atoms with Crippen LogP contribution in [0.5, 0.6) is 5.75 Å². The van der Waals surface area contributed by atoms with Crippen molar-refractivity contribution >= 4 is 38.4 Å². The topological polar surface area (TPSA) is 98.5 Å². The predicted molar refractivity (Wildman–Crippen MR) is 107 cm³/mol. The van der Waals surface area contributed by atoms with Crippen LogP contribution in [0.25, 0.3) is 10.8 Å². The molecule has 1 atom stereocenters. The van der Waals surface area contributed by atoms with Crippen molar-refractivity contribution in [2.75, 3.05) is 6.54 Å². The maximum absolute atomic E-state index is 12.9. The van der Waals surface area contributed by atoms with Crippen molar-refractivity contribution in [3.8, 4) is 5.75 Å². The molecule has 0 spiro atoms. The Hall–Kier alpha value is -2.61. The quantitative estimate of drug-likeness (QED) is 0.637. The van der Waals surface area contributed by atoms with Gasteiger partial charge in [-0.25, -0.2) is 0 Å². The highest BCUT2D eigenvalue weighted by molar-refractivity contribution is 7.87. The second-order valence-corrected chi connectivity index (χ2v) is 8.45. The molecule has 8 heteroatoms. The van der Waals surface area contributed by atoms with Gasteiger partial charge in [0.25, 0.3) is 0 Å². The predicted octanol–water partition coefficient (Wildman–Crippen LogP) is 2.93. The smallest absolute Gasteiger partial charge is 0.339 e. The zero-order chi connectivity index (χ0) is 19.9. The lowest BCUT2D eigenvalue weighted by atomic mass is 9.94. The number of rotatable bonds is 4. The van der Waals surface area contributed by atoms with Gasteiger partial charge in [0, 0.05) is 22.3 Å². The van der Waals surface area contributed by atoms with Gasteiger partial charge in [-0.2, -0.15) is 8.42 Å². The molecule has 1 unspecified atom stereocenters. The monoisotopic (exact) mass is 416 g/mol. The SMILES string of the molecule is NC(=O)C1NCCc2ccc(OS(=O)(=O)c3ccc(Cl)c4ccccc34)cc21. The van der Waals surface area contributed by atoms with Gasteiger partial charge in [-0.3, -0.25) is 4.79 Å². The highest BCUT2D eigenvalue weighted by Crippen LogP contribution is 2.32. The fraction of sp³-hybridized carbons (Fsp3) is 0.150. The second kappa shape index (κ2) is 7.09. The van der Waals surface area contributed by atoms with Crippen molar-refractivity contribution in [1.82, 2.24) is 5.32 Å². The molecule has 144 valence electrons. The van der Waals surface area contributed by atoms with Crippen LogP contribution in [-0.4, -0.2) is 20.9 Å². The van der Waals surface area contributed by atoms with Crippen molar-refractivity contribution in [2.24, 2.45) is 5.73 Å². The molecule has 3 aromatic rings. The van der Waals surface area contributed by atoms with Crippen molar-refractivity contribution in [2.45, 2.75) is 17.4 Å². The third-order valence-electron chi connectivity index (χ3n) is 4.76. The van der Waals surface area contributed by atoms with Crippen LogP contribution < -0.4 is 15.2 Å². The van der Waals surface area contributed by atoms with Gasteiger partial charge in [-0.15, -0.1) is 0 Å². The summed E-state index contributed by atoms with van der Waals surface area (Å²) < 4.78 is 31.3. The van der Waals surface area contributed by atoms with E-state index in [0.29, 0.717) is 34.3 Å². The number of hydrogen-bond acceptors (Lipinski definition) is 5. The molecular formula is C20H17ClN2O4S. The normalized spacial score (nSPS) is 16.5. The summed E-state index contributed by atoms with van der Waals surface area (Å²) in [6.07, 6.45) is 0.716. The lowest BCUT2D eigenvalue weighted by molar-refractivity contribution is -0.120. The molecule has 3 aromatic carbocycles. The Morgan fingerprint density at radius 2 is 1.86 bits per heavy atom. The molecule has 6 nitrogen and oxygen atoms in total. The Morgan fingerprint density at radius 3 is 2.61 bits per heavy atom. The second-order valence-electron chi connectivity index (χ2n) is 6.53. The summed E-state index contributed by atoms with van der Waals surface area (Å²) in [5.74, 6) is -0.405. The lowest BCUT2D eigenvalue weighted by Gasteiger charge is -2.25. The number of primary amides is 1. The minimum atomic E-state index is -4.12. The first kappa shape index (κ1) is 18.7. The number of nitrogens with two attached hydrogens (primary N) is 1. The van der Waals surface area contributed by atoms with E-state index in [0.717, 1.165) is 5.56 Å². The number of carbonyl (C=O) groups excluding carboxylic acids is 1. The van der Waals surface area contributed by atoms with Gasteiger partial charge in [0.1, 0.15) is 16.7 Å². The zero-order valence-corrected chi connectivity index (χ0v) is 16.3. The molecule has 1 amide bonds. The van der Waals surface area contributed by atoms with Crippen LogP contribution in [0.3, 0.4) is 0 Å². The van der Waals surface area contributed by atoms with Gasteiger partial charge in [0.2, 0.25) is 5.91 Å². The van der Waals surface area contributed by atoms with E-state index in [1.54, 1.807) is 42.5 Å². The fourth-order valence-corrected chi connectivity index (χ4v) is 4.82. The summed E-state index contributed by atoms with van der Waals surface area (Å²) in [5.41, 5.74) is 7.02. The number of fused-ring (bicyclic) bond motifs is 2. The molecule has 0 bridgehead atoms. The number of benzene rings is 3. The van der Waals surface area contributed by atoms with Gasteiger partial charge in [-0.1, -0.05) is 41.9 Å². The number of amides is 1. The summed E-state index contributed by atoms with van der Waals surface area (Å²) in [6.45, 7) is 0.621. The standard InChI is InChI=1S/C20H17ClN2O4S/c21-17-7-8-18(15-4-2-1-3-14(15)17)28(25,26)27-13-6-5-12-9-10-23-19(20(22)24)16(12)11-13/h1-8,11,19,23H,9-10H2,(H2,22,24). The van der Waals surface area contributed by atoms with Gasteiger partial charge in [0.15, 0.2) is 0 Å². The molecule has 0 radical (unpaired) electrons. The Labute approximate surface area is 167 Å². The first-order valence-electron chi connectivity index (χ1n) is 8.64. The largest absolute Gasteiger partial charge is 0.379 e. The maximum Gasteiger partial charge on any atom is 0.339 e. The van der Waals surface area contributed by atoms with Crippen LogP contribution in [0.15, 0.2) is 59.5 Å². The van der Waals surface area contributed by atoms with Gasteiger partial charge in [0.05, 0.1) is 0 Å². The number of halogens is 1. The van der Waals surface area contributed by atoms with Crippen molar-refractivity contribution in [1.29, 1.82) is 0 Å². The maximum atomic E-state index is 12.9. The minimum absolute atomic E-state index is 0.0230. The van der Waals surface area contributed by atoms with Crippen molar-refractivity contribution in [3.63, 3.8) is 0 Å². The molecule has 28 heavy (non-hydrogen) atoms. The van der Waals surface area contributed by atoms with E-state index in [9.17, 15) is 13.2 Å². The summed E-state index contributed by atoms with van der Waals surface area (Å²) in [4.78, 5) is 11.7. The first-order chi connectivity index (χ1) is 13.4. The molecule has 0 saturated carbocycles. The van der Waals surface area contributed by atoms with E-state index < -0.39 is 22.1 Å². The highest BCUT2D eigenvalue weighted by Gasteiger charge is 2.26. The number of carbonyl (C=O) groups is 1. The van der Waals surface area contributed by atoms with E-state index in [4.69, 9.17) is 21.5 Å². The van der Waals surface area contributed by atoms with Crippen LogP contribution in [-0.2, 0) is 21.3 Å². The molecule has 4 rings (SSSR count). The van der Waals surface area contributed by atoms with Crippen LogP contribution in [0, 0.1) is 0 Å². The van der Waals surface area contributed by atoms with Crippen molar-refractivity contribution in [3.05, 3.63) is 70.7 Å². The first-order valence-corrected chi connectivity index (χ1v) is 10.4. The Morgan fingerprint density at radius 1 is 1.11 bits per heavy atom. The molecule has 0 aliphatic carbocycles. The molecule has 1 heterocycles. The van der Waals surface area contributed by atoms with E-state index in [-0.39, 0.29) is 10.6 Å². The van der Waals surface area contributed by atoms with Gasteiger partial charge < -0.3 is 15.2 Å². The Bertz CT molecular complexity index is 1190. The Balaban J connectivity index is 1.75. The number of nitrogens with one attached hydrogen (secondary N) is 1. The molecule has 3 N–H and O–H groups in total. The summed E-state index contributed by atoms with van der Waals surface area (Å²) >= 11 is 6.18. The molecule has 1 aliphatic heterocycles. The van der Waals surface area contributed by atoms with Crippen LogP contribution in [0.2, 0.25) is 5.02 Å². The number of hydrogen-bond donors (Lipinski definition) is 2. The minimum Gasteiger partial charge on any atom is -0.379 e. The van der Waals surface area contributed by atoms with Crippen molar-refractivity contribution < 1.29 is 17.4 Å². The molecule has 1 aliphatic rings. The summed E-state index contributed by atoms with van der Waals surface area (Å²) in [7, 11) is -4.12. The molecular weight excluding hydrogens is 400 g/mol. The van der Waals surface area contributed by atoms with E-state index in [2.05, 4.69) is 5.32 Å². The molecule has 0 saturated heterocycles. The lowest BCUT2D eigenvalue weighted by Crippen LogP contribution is -2.38. The van der Waals surface area contributed by atoms with E-state index in [1.807, 2.05) is 0 Å². The molecule has 0 aromatic heterocycles. The van der Waals surface area contributed by atoms with E-state index in [1.165, 1.54) is 12.1 Å².